The van der Waals surface area contributed by atoms with E-state index < -0.39 is 5.79 Å². The Labute approximate surface area is 112 Å². The van der Waals surface area contributed by atoms with E-state index in [9.17, 15) is 0 Å². The van der Waals surface area contributed by atoms with Gasteiger partial charge in [-0.15, -0.1) is 0 Å². The Hall–Kier alpha value is -2.02. The minimum absolute atomic E-state index is 0.424. The van der Waals surface area contributed by atoms with Crippen LogP contribution >= 0.6 is 0 Å². The van der Waals surface area contributed by atoms with Gasteiger partial charge in [0.1, 0.15) is 12.4 Å². The maximum atomic E-state index is 5.73. The Balaban J connectivity index is 1.67. The summed E-state index contributed by atoms with van der Waals surface area (Å²) in [5.41, 5.74) is 0.980. The lowest BCUT2D eigenvalue weighted by atomic mass is 10.2. The van der Waals surface area contributed by atoms with Crippen LogP contribution in [0.5, 0.6) is 0 Å². The van der Waals surface area contributed by atoms with Crippen LogP contribution < -0.4 is 0 Å². The molecule has 1 fully saturated rings. The number of rotatable bonds is 0. The van der Waals surface area contributed by atoms with Gasteiger partial charge >= 0.3 is 0 Å². The third kappa shape index (κ3) is 2.87. The van der Waals surface area contributed by atoms with Crippen molar-refractivity contribution in [1.29, 1.82) is 0 Å². The van der Waals surface area contributed by atoms with E-state index in [1.54, 1.807) is 6.08 Å². The van der Waals surface area contributed by atoms with E-state index in [0.717, 1.165) is 5.56 Å². The Morgan fingerprint density at radius 3 is 2.84 bits per heavy atom. The van der Waals surface area contributed by atoms with E-state index in [1.807, 2.05) is 42.5 Å². The van der Waals surface area contributed by atoms with Crippen molar-refractivity contribution >= 4 is 0 Å². The summed E-state index contributed by atoms with van der Waals surface area (Å²) >= 11 is 0. The minimum atomic E-state index is -0.738. The van der Waals surface area contributed by atoms with Crippen LogP contribution in [0, 0.1) is 11.8 Å². The molecule has 0 N–H and O–H groups in total. The van der Waals surface area contributed by atoms with Crippen molar-refractivity contribution in [3.8, 4) is 11.8 Å². The van der Waals surface area contributed by atoms with Gasteiger partial charge in [-0.3, -0.25) is 0 Å². The predicted octanol–water partition coefficient (Wildman–Crippen LogP) is 2.25. The van der Waals surface area contributed by atoms with Crippen molar-refractivity contribution < 1.29 is 14.2 Å². The summed E-state index contributed by atoms with van der Waals surface area (Å²) in [5.74, 6) is 6.00. The van der Waals surface area contributed by atoms with Crippen molar-refractivity contribution in [2.45, 2.75) is 5.79 Å². The second-order valence-corrected chi connectivity index (χ2v) is 4.33. The average molecular weight is 254 g/mol. The smallest absolute Gasteiger partial charge is 0.254 e. The molecule has 1 spiro atoms. The van der Waals surface area contributed by atoms with Crippen LogP contribution in [-0.2, 0) is 14.2 Å². The zero-order valence-electron chi connectivity index (χ0n) is 10.5. The number of hydrogen-bond donors (Lipinski definition) is 0. The van der Waals surface area contributed by atoms with Gasteiger partial charge < -0.3 is 14.2 Å². The fourth-order valence-electron chi connectivity index (χ4n) is 1.95. The van der Waals surface area contributed by atoms with Crippen LogP contribution in [0.3, 0.4) is 0 Å². The molecule has 0 aliphatic carbocycles. The summed E-state index contributed by atoms with van der Waals surface area (Å²) in [5, 5.41) is 0. The number of allylic oxidation sites excluding steroid dienone is 2. The molecule has 3 rings (SSSR count). The lowest BCUT2D eigenvalue weighted by Gasteiger charge is -2.31. The van der Waals surface area contributed by atoms with Gasteiger partial charge in [0.25, 0.3) is 5.79 Å². The predicted molar refractivity (Wildman–Crippen MR) is 71.1 cm³/mol. The third-order valence-corrected chi connectivity index (χ3v) is 2.87. The Kier molecular flexibility index (Phi) is 3.37. The van der Waals surface area contributed by atoms with Crippen molar-refractivity contribution in [1.82, 2.24) is 0 Å². The number of benzene rings is 1. The molecule has 1 saturated heterocycles. The highest BCUT2D eigenvalue weighted by atomic mass is 16.7. The largest absolute Gasteiger partial charge is 0.455 e. The van der Waals surface area contributed by atoms with E-state index in [0.29, 0.717) is 25.6 Å². The molecule has 2 aliphatic rings. The summed E-state index contributed by atoms with van der Waals surface area (Å²) in [4.78, 5) is 0. The van der Waals surface area contributed by atoms with Crippen molar-refractivity contribution in [3.05, 3.63) is 59.9 Å². The van der Waals surface area contributed by atoms with Crippen LogP contribution in [0.4, 0.5) is 0 Å². The molecule has 0 bridgehead atoms. The van der Waals surface area contributed by atoms with E-state index >= 15 is 0 Å². The molecule has 0 saturated carbocycles. The molecule has 3 nitrogen and oxygen atoms in total. The summed E-state index contributed by atoms with van der Waals surface area (Å²) < 4.78 is 16.7. The zero-order chi connectivity index (χ0) is 13.0. The van der Waals surface area contributed by atoms with Gasteiger partial charge in [-0.2, -0.15) is 0 Å². The third-order valence-electron chi connectivity index (χ3n) is 2.87. The minimum Gasteiger partial charge on any atom is -0.455 e. The second kappa shape index (κ2) is 5.31. The normalized spacial score (nSPS) is 27.1. The lowest BCUT2D eigenvalue weighted by Crippen LogP contribution is -2.41. The van der Waals surface area contributed by atoms with E-state index in [1.165, 1.54) is 0 Å². The standard InChI is InChI=1S/C16H14O3/c1-2-5-14(6-3-1)7-4-8-15-9-10-16(19-15)13-17-11-12-18-16/h1-3,5-6,8-10H,11-13H2/b15-8+. The zero-order valence-corrected chi connectivity index (χ0v) is 10.5. The molecule has 1 atom stereocenters. The van der Waals surface area contributed by atoms with Gasteiger partial charge in [0.2, 0.25) is 0 Å². The first-order chi connectivity index (χ1) is 9.36. The van der Waals surface area contributed by atoms with E-state index in [4.69, 9.17) is 14.2 Å². The average Bonchev–Trinajstić information content (AvgIpc) is 2.84. The van der Waals surface area contributed by atoms with Crippen LogP contribution in [-0.4, -0.2) is 25.6 Å². The number of ether oxygens (including phenoxy) is 3. The molecule has 0 radical (unpaired) electrons. The molecule has 3 heteroatoms. The molecule has 1 aromatic carbocycles. The summed E-state index contributed by atoms with van der Waals surface area (Å²) in [6, 6.07) is 9.83. The van der Waals surface area contributed by atoms with Gasteiger partial charge in [0.05, 0.1) is 13.2 Å². The lowest BCUT2D eigenvalue weighted by molar-refractivity contribution is -0.239. The second-order valence-electron chi connectivity index (χ2n) is 4.33. The molecule has 2 heterocycles. The van der Waals surface area contributed by atoms with Gasteiger partial charge in [-0.1, -0.05) is 30.0 Å². The topological polar surface area (TPSA) is 27.7 Å². The molecule has 1 aromatic rings. The summed E-state index contributed by atoms with van der Waals surface area (Å²) in [7, 11) is 0. The van der Waals surface area contributed by atoms with Crippen LogP contribution in [0.2, 0.25) is 0 Å². The first-order valence-corrected chi connectivity index (χ1v) is 6.23. The van der Waals surface area contributed by atoms with Gasteiger partial charge in [0.15, 0.2) is 0 Å². The molecule has 2 aliphatic heterocycles. The molecule has 0 amide bonds. The van der Waals surface area contributed by atoms with E-state index in [2.05, 4.69) is 11.8 Å². The molecule has 96 valence electrons. The maximum absolute atomic E-state index is 5.73. The Morgan fingerprint density at radius 2 is 2.05 bits per heavy atom. The van der Waals surface area contributed by atoms with Crippen molar-refractivity contribution in [2.24, 2.45) is 0 Å². The van der Waals surface area contributed by atoms with Gasteiger partial charge in [-0.05, 0) is 24.3 Å². The fraction of sp³-hybridized carbons (Fsp3) is 0.250. The summed E-state index contributed by atoms with van der Waals surface area (Å²) in [6.07, 6.45) is 5.49. The SMILES string of the molecule is C(#Cc1ccccc1)/C=C1\C=CC2(COCCO2)O1. The molecule has 0 aromatic heterocycles. The van der Waals surface area contributed by atoms with Crippen LogP contribution in [0.25, 0.3) is 0 Å². The first-order valence-electron chi connectivity index (χ1n) is 6.23. The van der Waals surface area contributed by atoms with Crippen molar-refractivity contribution in [2.75, 3.05) is 19.8 Å². The Morgan fingerprint density at radius 1 is 1.16 bits per heavy atom. The highest BCUT2D eigenvalue weighted by molar-refractivity contribution is 5.39. The van der Waals surface area contributed by atoms with Crippen LogP contribution in [0.1, 0.15) is 5.56 Å². The van der Waals surface area contributed by atoms with Crippen LogP contribution in [0.15, 0.2) is 54.3 Å². The van der Waals surface area contributed by atoms with Crippen molar-refractivity contribution in [3.63, 3.8) is 0 Å². The highest BCUT2D eigenvalue weighted by Crippen LogP contribution is 2.29. The highest BCUT2D eigenvalue weighted by Gasteiger charge is 2.37. The first kappa shape index (κ1) is 12.0. The monoisotopic (exact) mass is 254 g/mol. The van der Waals surface area contributed by atoms with E-state index in [-0.39, 0.29) is 0 Å². The maximum Gasteiger partial charge on any atom is 0.254 e. The quantitative estimate of drug-likeness (QED) is 0.665. The molecule has 19 heavy (non-hydrogen) atoms. The number of hydrogen-bond acceptors (Lipinski definition) is 3. The fourth-order valence-corrected chi connectivity index (χ4v) is 1.95. The Bertz CT molecular complexity index is 555. The van der Waals surface area contributed by atoms with Gasteiger partial charge in [0, 0.05) is 11.6 Å². The summed E-state index contributed by atoms with van der Waals surface area (Å²) in [6.45, 7) is 1.59. The van der Waals surface area contributed by atoms with Gasteiger partial charge in [-0.25, -0.2) is 0 Å². The molecular formula is C16H14O3. The molecule has 1 unspecified atom stereocenters. The molecular weight excluding hydrogens is 240 g/mol.